The van der Waals surface area contributed by atoms with Crippen LogP contribution in [0.25, 0.3) is 0 Å². The molecule has 25 heavy (non-hydrogen) atoms. The smallest absolute Gasteiger partial charge is 0.253 e. The lowest BCUT2D eigenvalue weighted by atomic mass is 10.1. The topological polar surface area (TPSA) is 40.6 Å². The highest BCUT2D eigenvalue weighted by Crippen LogP contribution is 2.22. The van der Waals surface area contributed by atoms with E-state index in [0.717, 1.165) is 0 Å². The van der Waals surface area contributed by atoms with Crippen molar-refractivity contribution in [3.63, 3.8) is 0 Å². The maximum Gasteiger partial charge on any atom is 0.253 e. The van der Waals surface area contributed by atoms with Crippen LogP contribution < -0.4 is 4.90 Å². The lowest BCUT2D eigenvalue weighted by Gasteiger charge is -2.36. The number of anilines is 1. The number of piperazine rings is 1. The van der Waals surface area contributed by atoms with Crippen molar-refractivity contribution in [1.82, 2.24) is 4.90 Å². The Morgan fingerprint density at radius 2 is 1.48 bits per heavy atom. The van der Waals surface area contributed by atoms with Crippen LogP contribution >= 0.6 is 0 Å². The normalized spacial score (nSPS) is 14.5. The second-order valence-corrected chi connectivity index (χ2v) is 6.01. The fraction of sp³-hybridized carbons (Fsp3) is 0.263. The van der Waals surface area contributed by atoms with Crippen LogP contribution in [0.4, 0.5) is 14.5 Å². The van der Waals surface area contributed by atoms with E-state index in [1.807, 2.05) is 4.90 Å². The number of benzene rings is 2. The Morgan fingerprint density at radius 1 is 0.880 bits per heavy atom. The first-order valence-corrected chi connectivity index (χ1v) is 8.06. The van der Waals surface area contributed by atoms with Gasteiger partial charge in [0.1, 0.15) is 11.6 Å². The molecule has 0 atom stereocenters. The summed E-state index contributed by atoms with van der Waals surface area (Å²) < 4.78 is 27.2. The van der Waals surface area contributed by atoms with Crippen LogP contribution in [-0.4, -0.2) is 42.8 Å². The monoisotopic (exact) mass is 344 g/mol. The fourth-order valence-corrected chi connectivity index (χ4v) is 2.91. The quantitative estimate of drug-likeness (QED) is 0.803. The van der Waals surface area contributed by atoms with Gasteiger partial charge in [0.25, 0.3) is 5.91 Å². The van der Waals surface area contributed by atoms with Gasteiger partial charge in [-0.2, -0.15) is 0 Å². The van der Waals surface area contributed by atoms with Crippen LogP contribution in [0.1, 0.15) is 27.6 Å². The predicted molar refractivity (Wildman–Crippen MR) is 90.9 cm³/mol. The molecule has 6 heteroatoms. The maximum absolute atomic E-state index is 14.2. The molecule has 2 aromatic rings. The number of ketones is 1. The Morgan fingerprint density at radius 3 is 2.04 bits per heavy atom. The van der Waals surface area contributed by atoms with Crippen LogP contribution in [0.3, 0.4) is 0 Å². The molecule has 1 saturated heterocycles. The molecule has 0 unspecified atom stereocenters. The van der Waals surface area contributed by atoms with Gasteiger partial charge in [0.15, 0.2) is 5.78 Å². The summed E-state index contributed by atoms with van der Waals surface area (Å²) in [5, 5.41) is 0. The second kappa shape index (κ2) is 7.01. The molecule has 1 fully saturated rings. The van der Waals surface area contributed by atoms with E-state index < -0.39 is 5.82 Å². The molecule has 0 N–H and O–H groups in total. The van der Waals surface area contributed by atoms with E-state index in [-0.39, 0.29) is 17.5 Å². The van der Waals surface area contributed by atoms with E-state index >= 15 is 0 Å². The third-order valence-corrected chi connectivity index (χ3v) is 4.35. The number of nitrogens with zero attached hydrogens (tertiary/aromatic N) is 2. The summed E-state index contributed by atoms with van der Waals surface area (Å²) in [5.41, 5.74) is 1.21. The summed E-state index contributed by atoms with van der Waals surface area (Å²) >= 11 is 0. The zero-order chi connectivity index (χ0) is 18.0. The van der Waals surface area contributed by atoms with E-state index in [9.17, 15) is 18.4 Å². The number of Topliss-reactive ketones (excluding diaryl/α,β-unsaturated/α-hetero) is 1. The molecular formula is C19H18F2N2O2. The summed E-state index contributed by atoms with van der Waals surface area (Å²) in [5.74, 6) is -1.16. The third kappa shape index (κ3) is 3.68. The molecule has 3 rings (SSSR count). The van der Waals surface area contributed by atoms with Gasteiger partial charge in [-0.15, -0.1) is 0 Å². The van der Waals surface area contributed by atoms with Crippen molar-refractivity contribution in [3.8, 4) is 0 Å². The molecule has 1 aliphatic heterocycles. The molecule has 1 heterocycles. The molecule has 0 aliphatic carbocycles. The minimum Gasteiger partial charge on any atom is -0.366 e. The predicted octanol–water partition coefficient (Wildman–Crippen LogP) is 3.13. The molecule has 0 aromatic heterocycles. The fourth-order valence-electron chi connectivity index (χ4n) is 2.91. The van der Waals surface area contributed by atoms with Gasteiger partial charge in [0.05, 0.1) is 5.69 Å². The van der Waals surface area contributed by atoms with E-state index in [1.165, 1.54) is 37.3 Å². The van der Waals surface area contributed by atoms with Crippen LogP contribution in [-0.2, 0) is 0 Å². The minimum absolute atomic E-state index is 0.160. The lowest BCUT2D eigenvalue weighted by Crippen LogP contribution is -2.49. The molecule has 130 valence electrons. The summed E-state index contributed by atoms with van der Waals surface area (Å²) in [4.78, 5) is 27.3. The molecule has 0 saturated carbocycles. The zero-order valence-electron chi connectivity index (χ0n) is 13.8. The lowest BCUT2D eigenvalue weighted by molar-refractivity contribution is 0.0746. The number of amides is 1. The molecule has 1 aliphatic rings. The first kappa shape index (κ1) is 17.1. The van der Waals surface area contributed by atoms with Crippen molar-refractivity contribution in [2.75, 3.05) is 31.1 Å². The van der Waals surface area contributed by atoms with Gasteiger partial charge < -0.3 is 9.80 Å². The van der Waals surface area contributed by atoms with Crippen LogP contribution in [0.15, 0.2) is 42.5 Å². The van der Waals surface area contributed by atoms with Crippen molar-refractivity contribution in [2.45, 2.75) is 6.92 Å². The molecular weight excluding hydrogens is 326 g/mol. The third-order valence-electron chi connectivity index (χ3n) is 4.35. The molecule has 0 bridgehead atoms. The highest BCUT2D eigenvalue weighted by molar-refractivity contribution is 5.95. The Hall–Kier alpha value is -2.76. The van der Waals surface area contributed by atoms with Crippen LogP contribution in [0, 0.1) is 11.6 Å². The Bertz CT molecular complexity index is 798. The van der Waals surface area contributed by atoms with Gasteiger partial charge in [-0.05, 0) is 49.4 Å². The molecule has 0 spiro atoms. The van der Waals surface area contributed by atoms with Crippen molar-refractivity contribution in [1.29, 1.82) is 0 Å². The Labute approximate surface area is 144 Å². The first-order chi connectivity index (χ1) is 12.0. The van der Waals surface area contributed by atoms with Crippen molar-refractivity contribution in [2.24, 2.45) is 0 Å². The number of hydrogen-bond acceptors (Lipinski definition) is 3. The summed E-state index contributed by atoms with van der Waals surface area (Å²) in [6.07, 6.45) is 0. The van der Waals surface area contributed by atoms with Crippen LogP contribution in [0.5, 0.6) is 0 Å². The molecule has 0 radical (unpaired) electrons. The number of hydrogen-bond donors (Lipinski definition) is 0. The average molecular weight is 344 g/mol. The highest BCUT2D eigenvalue weighted by Gasteiger charge is 2.24. The van der Waals surface area contributed by atoms with Gasteiger partial charge in [0, 0.05) is 37.3 Å². The van der Waals surface area contributed by atoms with Crippen molar-refractivity contribution < 1.29 is 18.4 Å². The zero-order valence-corrected chi connectivity index (χ0v) is 13.8. The van der Waals surface area contributed by atoms with E-state index in [4.69, 9.17) is 0 Å². The van der Waals surface area contributed by atoms with Gasteiger partial charge >= 0.3 is 0 Å². The van der Waals surface area contributed by atoms with E-state index in [1.54, 1.807) is 17.0 Å². The second-order valence-electron chi connectivity index (χ2n) is 6.01. The van der Waals surface area contributed by atoms with Gasteiger partial charge in [0.2, 0.25) is 0 Å². The maximum atomic E-state index is 14.2. The standard InChI is InChI=1S/C19H18F2N2O2/c1-13(24)15-4-7-18(17(21)12-15)22-8-10-23(11-9-22)19(25)14-2-5-16(20)6-3-14/h2-7,12H,8-11H2,1H3. The largest absolute Gasteiger partial charge is 0.366 e. The number of carbonyl (C=O) groups excluding carboxylic acids is 2. The number of rotatable bonds is 3. The van der Waals surface area contributed by atoms with Gasteiger partial charge in [-0.25, -0.2) is 8.78 Å². The summed E-state index contributed by atoms with van der Waals surface area (Å²) in [7, 11) is 0. The summed E-state index contributed by atoms with van der Waals surface area (Å²) in [6.45, 7) is 3.27. The van der Waals surface area contributed by atoms with E-state index in [2.05, 4.69) is 0 Å². The molecule has 2 aromatic carbocycles. The van der Waals surface area contributed by atoms with Crippen molar-refractivity contribution >= 4 is 17.4 Å². The van der Waals surface area contributed by atoms with Gasteiger partial charge in [-0.3, -0.25) is 9.59 Å². The van der Waals surface area contributed by atoms with E-state index in [0.29, 0.717) is 43.0 Å². The number of carbonyl (C=O) groups is 2. The Kier molecular flexibility index (Phi) is 4.79. The van der Waals surface area contributed by atoms with Crippen LogP contribution in [0.2, 0.25) is 0 Å². The molecule has 1 amide bonds. The summed E-state index contributed by atoms with van der Waals surface area (Å²) in [6, 6.07) is 9.90. The number of halogens is 2. The van der Waals surface area contributed by atoms with Crippen molar-refractivity contribution in [3.05, 3.63) is 65.2 Å². The minimum atomic E-state index is -0.439. The SMILES string of the molecule is CC(=O)c1ccc(N2CCN(C(=O)c3ccc(F)cc3)CC2)c(F)c1. The molecule has 4 nitrogen and oxygen atoms in total. The Balaban J connectivity index is 1.66. The average Bonchev–Trinajstić information content (AvgIpc) is 2.62. The first-order valence-electron chi connectivity index (χ1n) is 8.06. The van der Waals surface area contributed by atoms with Gasteiger partial charge in [-0.1, -0.05) is 0 Å². The highest BCUT2D eigenvalue weighted by atomic mass is 19.1.